The Labute approximate surface area is 174 Å². The lowest BCUT2D eigenvalue weighted by Crippen LogP contribution is -2.47. The number of benzene rings is 2. The summed E-state index contributed by atoms with van der Waals surface area (Å²) in [6, 6.07) is 13.6. The highest BCUT2D eigenvalue weighted by Crippen LogP contribution is 2.19. The highest BCUT2D eigenvalue weighted by Gasteiger charge is 2.24. The van der Waals surface area contributed by atoms with Crippen LogP contribution in [0.1, 0.15) is 24.0 Å². The van der Waals surface area contributed by atoms with Gasteiger partial charge in [0.1, 0.15) is 11.8 Å². The third kappa shape index (κ3) is 5.17. The highest BCUT2D eigenvalue weighted by atomic mass is 16.3. The van der Waals surface area contributed by atoms with E-state index in [-0.39, 0.29) is 24.5 Å². The fourth-order valence-electron chi connectivity index (χ4n) is 3.40. The van der Waals surface area contributed by atoms with Crippen molar-refractivity contribution >= 4 is 22.7 Å². The number of nitrogens with one attached hydrogen (secondary N) is 2. The number of H-pyrrole nitrogens is 1. The number of phenolic OH excluding ortho intramolecular Hbond substituents is 1. The van der Waals surface area contributed by atoms with E-state index in [0.29, 0.717) is 6.42 Å². The van der Waals surface area contributed by atoms with Gasteiger partial charge in [-0.25, -0.2) is 0 Å². The van der Waals surface area contributed by atoms with Crippen LogP contribution < -0.4 is 5.32 Å². The molecule has 0 aliphatic heterocycles. The second kappa shape index (κ2) is 9.61. The number of phenols is 1. The minimum absolute atomic E-state index is 0.122. The molecule has 0 spiro atoms. The lowest BCUT2D eigenvalue weighted by Gasteiger charge is -2.20. The van der Waals surface area contributed by atoms with Gasteiger partial charge in [0.05, 0.1) is 0 Å². The van der Waals surface area contributed by atoms with Crippen LogP contribution in [0.5, 0.6) is 5.75 Å². The molecule has 1 heterocycles. The Hall–Kier alpha value is -3.79. The molecule has 0 aliphatic carbocycles. The number of nitrogens with zero attached hydrogens (tertiary/aromatic N) is 2. The van der Waals surface area contributed by atoms with Gasteiger partial charge < -0.3 is 15.4 Å². The average Bonchev–Trinajstić information content (AvgIpc) is 3.17. The van der Waals surface area contributed by atoms with Crippen molar-refractivity contribution in [1.29, 1.82) is 5.26 Å². The third-order valence-electron chi connectivity index (χ3n) is 5.01. The summed E-state index contributed by atoms with van der Waals surface area (Å²) in [6.45, 7) is 0. The smallest absolute Gasteiger partial charge is 0.258 e. The van der Waals surface area contributed by atoms with Crippen LogP contribution in [0.2, 0.25) is 0 Å². The number of aromatic hydroxyl groups is 1. The van der Waals surface area contributed by atoms with E-state index in [4.69, 9.17) is 5.26 Å². The normalized spacial score (nSPS) is 11.6. The largest absolute Gasteiger partial charge is 0.508 e. The Kier molecular flexibility index (Phi) is 6.71. The van der Waals surface area contributed by atoms with E-state index < -0.39 is 11.9 Å². The van der Waals surface area contributed by atoms with Gasteiger partial charge in [-0.3, -0.25) is 14.5 Å². The molecular formula is C23H24N4O3. The minimum Gasteiger partial charge on any atom is -0.508 e. The molecule has 1 aromatic heterocycles. The maximum atomic E-state index is 12.5. The minimum atomic E-state index is -0.847. The van der Waals surface area contributed by atoms with Gasteiger partial charge in [0.2, 0.25) is 5.91 Å². The first-order chi connectivity index (χ1) is 14.5. The van der Waals surface area contributed by atoms with Crippen molar-refractivity contribution in [2.75, 3.05) is 7.05 Å². The van der Waals surface area contributed by atoms with Gasteiger partial charge >= 0.3 is 0 Å². The number of hydrogen-bond donors (Lipinski definition) is 3. The van der Waals surface area contributed by atoms with Gasteiger partial charge in [-0.2, -0.15) is 5.26 Å². The molecular weight excluding hydrogens is 380 g/mol. The molecule has 0 saturated carbocycles. The van der Waals surface area contributed by atoms with E-state index >= 15 is 0 Å². The quantitative estimate of drug-likeness (QED) is 0.396. The first-order valence-electron chi connectivity index (χ1n) is 9.77. The average molecular weight is 404 g/mol. The van der Waals surface area contributed by atoms with Crippen LogP contribution in [0.3, 0.4) is 0 Å². The molecule has 7 heteroatoms. The number of carbonyl (C=O) groups is 2. The van der Waals surface area contributed by atoms with Crippen molar-refractivity contribution in [3.8, 4) is 11.9 Å². The molecule has 0 fully saturated rings. The monoisotopic (exact) mass is 404 g/mol. The molecule has 1 atom stereocenters. The fraction of sp³-hybridized carbons (Fsp3) is 0.261. The van der Waals surface area contributed by atoms with Crippen LogP contribution in [-0.2, 0) is 22.4 Å². The summed E-state index contributed by atoms with van der Waals surface area (Å²) in [4.78, 5) is 29.2. The molecule has 7 nitrogen and oxygen atoms in total. The van der Waals surface area contributed by atoms with Gasteiger partial charge in [-0.1, -0.05) is 30.3 Å². The Bertz CT molecular complexity index is 1070. The van der Waals surface area contributed by atoms with Crippen LogP contribution in [-0.4, -0.2) is 39.9 Å². The predicted molar refractivity (Wildman–Crippen MR) is 113 cm³/mol. The Morgan fingerprint density at radius 1 is 1.20 bits per heavy atom. The SMILES string of the molecule is CN(C#N)C(=O)C(Cc1ccc(O)cc1)NC(=O)CCCc1c[nH]c2ccccc12. The van der Waals surface area contributed by atoms with Gasteiger partial charge in [-0.15, -0.1) is 0 Å². The van der Waals surface area contributed by atoms with E-state index in [9.17, 15) is 14.7 Å². The molecule has 0 radical (unpaired) electrons. The number of fused-ring (bicyclic) bond motifs is 1. The number of likely N-dealkylation sites (N-methyl/N-ethyl adjacent to an activating group) is 1. The van der Waals surface area contributed by atoms with E-state index in [1.807, 2.05) is 30.5 Å². The predicted octanol–water partition coefficient (Wildman–Crippen LogP) is 2.86. The Morgan fingerprint density at radius 3 is 2.67 bits per heavy atom. The fourth-order valence-corrected chi connectivity index (χ4v) is 3.40. The number of carbonyl (C=O) groups excluding carboxylic acids is 2. The van der Waals surface area contributed by atoms with E-state index in [2.05, 4.69) is 10.3 Å². The number of nitriles is 1. The first kappa shape index (κ1) is 20.9. The number of aromatic nitrogens is 1. The van der Waals surface area contributed by atoms with Crippen LogP contribution in [0.25, 0.3) is 10.9 Å². The van der Waals surface area contributed by atoms with Gasteiger partial charge in [0.15, 0.2) is 6.19 Å². The molecule has 3 aromatic rings. The standard InChI is InChI=1S/C23H24N4O3/c1-27(15-24)23(30)21(13-16-9-11-18(28)12-10-16)26-22(29)8-4-5-17-14-25-20-7-3-2-6-19(17)20/h2-3,6-7,9-12,14,21,25,28H,4-5,8,13H2,1H3,(H,26,29). The third-order valence-corrected chi connectivity index (χ3v) is 5.01. The summed E-state index contributed by atoms with van der Waals surface area (Å²) in [6.07, 6.45) is 5.63. The Morgan fingerprint density at radius 2 is 1.93 bits per heavy atom. The molecule has 0 aliphatic rings. The summed E-state index contributed by atoms with van der Waals surface area (Å²) in [7, 11) is 1.37. The number of rotatable bonds is 8. The number of aromatic amines is 1. The molecule has 0 bridgehead atoms. The molecule has 3 rings (SSSR count). The summed E-state index contributed by atoms with van der Waals surface area (Å²) in [5, 5.41) is 22.4. The lowest BCUT2D eigenvalue weighted by molar-refractivity contribution is -0.133. The van der Waals surface area contributed by atoms with Crippen LogP contribution >= 0.6 is 0 Å². The zero-order chi connectivity index (χ0) is 21.5. The zero-order valence-electron chi connectivity index (χ0n) is 16.8. The summed E-state index contributed by atoms with van der Waals surface area (Å²) in [5.41, 5.74) is 2.99. The van der Waals surface area contributed by atoms with E-state index in [0.717, 1.165) is 33.4 Å². The highest BCUT2D eigenvalue weighted by molar-refractivity contribution is 5.88. The van der Waals surface area contributed by atoms with Crippen LogP contribution in [0.4, 0.5) is 0 Å². The van der Waals surface area contributed by atoms with Crippen molar-refractivity contribution in [3.63, 3.8) is 0 Å². The second-order valence-corrected chi connectivity index (χ2v) is 7.20. The lowest BCUT2D eigenvalue weighted by atomic mass is 10.0. The van der Waals surface area contributed by atoms with Gasteiger partial charge in [0.25, 0.3) is 5.91 Å². The molecule has 30 heavy (non-hydrogen) atoms. The summed E-state index contributed by atoms with van der Waals surface area (Å²) < 4.78 is 0. The van der Waals surface area contributed by atoms with Crippen LogP contribution in [0.15, 0.2) is 54.7 Å². The van der Waals surface area contributed by atoms with Crippen molar-refractivity contribution in [2.45, 2.75) is 31.7 Å². The van der Waals surface area contributed by atoms with Gasteiger partial charge in [0, 0.05) is 37.0 Å². The number of hydrogen-bond acceptors (Lipinski definition) is 4. The molecule has 1 unspecified atom stereocenters. The number of aryl methyl sites for hydroxylation is 1. The second-order valence-electron chi connectivity index (χ2n) is 7.20. The molecule has 2 amide bonds. The van der Waals surface area contributed by atoms with E-state index in [1.165, 1.54) is 19.2 Å². The maximum absolute atomic E-state index is 12.5. The maximum Gasteiger partial charge on any atom is 0.258 e. The Balaban J connectivity index is 1.60. The topological polar surface area (TPSA) is 109 Å². The van der Waals surface area contributed by atoms with Crippen molar-refractivity contribution in [1.82, 2.24) is 15.2 Å². The molecule has 154 valence electrons. The van der Waals surface area contributed by atoms with Gasteiger partial charge in [-0.05, 0) is 42.2 Å². The summed E-state index contributed by atoms with van der Waals surface area (Å²) in [5.74, 6) is -0.592. The first-order valence-corrected chi connectivity index (χ1v) is 9.77. The van der Waals surface area contributed by atoms with Crippen molar-refractivity contribution in [2.24, 2.45) is 0 Å². The number of amides is 2. The van der Waals surface area contributed by atoms with Crippen molar-refractivity contribution in [3.05, 3.63) is 65.9 Å². The van der Waals surface area contributed by atoms with E-state index in [1.54, 1.807) is 18.3 Å². The summed E-state index contributed by atoms with van der Waals surface area (Å²) >= 11 is 0. The molecule has 0 saturated heterocycles. The molecule has 3 N–H and O–H groups in total. The van der Waals surface area contributed by atoms with Crippen LogP contribution in [0, 0.1) is 11.5 Å². The van der Waals surface area contributed by atoms with Crippen molar-refractivity contribution < 1.29 is 14.7 Å². The number of para-hydroxylation sites is 1. The molecule has 2 aromatic carbocycles. The zero-order valence-corrected chi connectivity index (χ0v) is 16.8.